The van der Waals surface area contributed by atoms with Gasteiger partial charge in [-0.15, -0.1) is 24.0 Å². The summed E-state index contributed by atoms with van der Waals surface area (Å²) in [5.41, 5.74) is 0. The molecular weight excluding hydrogens is 343 g/mol. The second-order valence-corrected chi connectivity index (χ2v) is 5.00. The van der Waals surface area contributed by atoms with Crippen LogP contribution >= 0.6 is 24.0 Å². The molecule has 1 unspecified atom stereocenters. The summed E-state index contributed by atoms with van der Waals surface area (Å²) in [7, 11) is 3.66. The van der Waals surface area contributed by atoms with Gasteiger partial charge in [-0.05, 0) is 25.7 Å². The number of likely N-dealkylation sites (tertiary alicyclic amines) is 1. The minimum atomic E-state index is 0. The quantitative estimate of drug-likeness (QED) is 0.435. The Labute approximate surface area is 126 Å². The van der Waals surface area contributed by atoms with E-state index in [1.54, 1.807) is 11.9 Å². The SMILES string of the molecule is CN=C(NC1CCC1)NC1CCC(=O)N(C)C1.I. The maximum Gasteiger partial charge on any atom is 0.222 e. The molecule has 0 aromatic rings. The number of piperidine rings is 1. The standard InChI is InChI=1S/C12H22N4O.HI/c1-13-12(14-9-4-3-5-9)15-10-6-7-11(17)16(2)8-10;/h9-10H,3-8H2,1-2H3,(H2,13,14,15);1H. The predicted octanol–water partition coefficient (Wildman–Crippen LogP) is 0.943. The van der Waals surface area contributed by atoms with Gasteiger partial charge in [0.2, 0.25) is 5.91 Å². The fraction of sp³-hybridized carbons (Fsp3) is 0.833. The van der Waals surface area contributed by atoms with Crippen LogP contribution in [-0.4, -0.2) is 49.5 Å². The first-order chi connectivity index (χ1) is 8.19. The van der Waals surface area contributed by atoms with Gasteiger partial charge in [-0.25, -0.2) is 0 Å². The third-order valence-corrected chi connectivity index (χ3v) is 3.64. The Kier molecular flexibility index (Phi) is 6.17. The molecule has 1 aliphatic carbocycles. The van der Waals surface area contributed by atoms with E-state index in [0.717, 1.165) is 18.9 Å². The highest BCUT2D eigenvalue weighted by Crippen LogP contribution is 2.18. The molecule has 2 N–H and O–H groups in total. The molecule has 1 atom stereocenters. The average Bonchev–Trinajstić information content (AvgIpc) is 2.26. The van der Waals surface area contributed by atoms with E-state index in [9.17, 15) is 4.79 Å². The van der Waals surface area contributed by atoms with Crippen LogP contribution in [0.5, 0.6) is 0 Å². The zero-order valence-electron chi connectivity index (χ0n) is 11.1. The van der Waals surface area contributed by atoms with Gasteiger partial charge >= 0.3 is 0 Å². The molecule has 104 valence electrons. The zero-order chi connectivity index (χ0) is 12.3. The number of amides is 1. The molecule has 0 bridgehead atoms. The van der Waals surface area contributed by atoms with Crippen molar-refractivity contribution in [1.82, 2.24) is 15.5 Å². The number of carbonyl (C=O) groups excluding carboxylic acids is 1. The van der Waals surface area contributed by atoms with E-state index in [1.165, 1.54) is 19.3 Å². The highest BCUT2D eigenvalue weighted by atomic mass is 127. The number of rotatable bonds is 2. The van der Waals surface area contributed by atoms with Gasteiger partial charge in [0.15, 0.2) is 5.96 Å². The molecule has 1 saturated carbocycles. The molecule has 0 aromatic heterocycles. The van der Waals surface area contributed by atoms with Crippen molar-refractivity contribution in [3.63, 3.8) is 0 Å². The van der Waals surface area contributed by atoms with Crippen molar-refractivity contribution < 1.29 is 4.79 Å². The third kappa shape index (κ3) is 4.00. The lowest BCUT2D eigenvalue weighted by Crippen LogP contribution is -2.54. The topological polar surface area (TPSA) is 56.7 Å². The smallest absolute Gasteiger partial charge is 0.222 e. The molecule has 1 saturated heterocycles. The maximum atomic E-state index is 11.4. The van der Waals surface area contributed by atoms with E-state index in [-0.39, 0.29) is 29.9 Å². The molecule has 1 heterocycles. The van der Waals surface area contributed by atoms with Crippen molar-refractivity contribution in [2.45, 2.75) is 44.2 Å². The lowest BCUT2D eigenvalue weighted by molar-refractivity contribution is -0.132. The van der Waals surface area contributed by atoms with Gasteiger partial charge in [0.05, 0.1) is 0 Å². The van der Waals surface area contributed by atoms with Crippen molar-refractivity contribution in [2.75, 3.05) is 20.6 Å². The Bertz CT molecular complexity index is 317. The Morgan fingerprint density at radius 2 is 1.94 bits per heavy atom. The predicted molar refractivity (Wildman–Crippen MR) is 83.3 cm³/mol. The highest BCUT2D eigenvalue weighted by Gasteiger charge is 2.24. The minimum Gasteiger partial charge on any atom is -0.354 e. The zero-order valence-corrected chi connectivity index (χ0v) is 13.4. The van der Waals surface area contributed by atoms with Crippen LogP contribution < -0.4 is 10.6 Å². The Balaban J connectivity index is 0.00000162. The summed E-state index contributed by atoms with van der Waals surface area (Å²) in [6.45, 7) is 0.768. The molecule has 5 nitrogen and oxygen atoms in total. The average molecular weight is 366 g/mol. The molecule has 6 heteroatoms. The highest BCUT2D eigenvalue weighted by molar-refractivity contribution is 14.0. The first-order valence-electron chi connectivity index (χ1n) is 6.43. The van der Waals surface area contributed by atoms with Crippen molar-refractivity contribution in [2.24, 2.45) is 4.99 Å². The fourth-order valence-electron chi connectivity index (χ4n) is 2.24. The van der Waals surface area contributed by atoms with E-state index < -0.39 is 0 Å². The summed E-state index contributed by atoms with van der Waals surface area (Å²) in [5, 5.41) is 6.81. The maximum absolute atomic E-state index is 11.4. The second kappa shape index (κ2) is 7.16. The van der Waals surface area contributed by atoms with Crippen molar-refractivity contribution in [1.29, 1.82) is 0 Å². The van der Waals surface area contributed by atoms with Crippen LogP contribution in [0.15, 0.2) is 4.99 Å². The largest absolute Gasteiger partial charge is 0.354 e. The molecule has 2 fully saturated rings. The van der Waals surface area contributed by atoms with Crippen LogP contribution in [0.4, 0.5) is 0 Å². The number of nitrogens with zero attached hydrogens (tertiary/aromatic N) is 2. The second-order valence-electron chi connectivity index (χ2n) is 5.00. The van der Waals surface area contributed by atoms with Gasteiger partial charge in [-0.2, -0.15) is 0 Å². The number of hydrogen-bond acceptors (Lipinski definition) is 2. The molecule has 1 aliphatic heterocycles. The van der Waals surface area contributed by atoms with Crippen LogP contribution in [0.2, 0.25) is 0 Å². The summed E-state index contributed by atoms with van der Waals surface area (Å²) in [5.74, 6) is 1.12. The molecule has 2 aliphatic rings. The number of carbonyl (C=O) groups is 1. The molecule has 0 radical (unpaired) electrons. The van der Waals surface area contributed by atoms with E-state index in [0.29, 0.717) is 18.5 Å². The van der Waals surface area contributed by atoms with E-state index >= 15 is 0 Å². The van der Waals surface area contributed by atoms with Crippen LogP contribution in [0.1, 0.15) is 32.1 Å². The number of likely N-dealkylation sites (N-methyl/N-ethyl adjacent to an activating group) is 1. The van der Waals surface area contributed by atoms with Gasteiger partial charge in [0.25, 0.3) is 0 Å². The Morgan fingerprint density at radius 1 is 1.28 bits per heavy atom. The van der Waals surface area contributed by atoms with Gasteiger partial charge in [0, 0.05) is 39.1 Å². The van der Waals surface area contributed by atoms with Gasteiger partial charge in [-0.1, -0.05) is 0 Å². The Hall–Kier alpha value is -0.530. The lowest BCUT2D eigenvalue weighted by atomic mass is 9.93. The first-order valence-corrected chi connectivity index (χ1v) is 6.43. The fourth-order valence-corrected chi connectivity index (χ4v) is 2.24. The first kappa shape index (κ1) is 15.5. The van der Waals surface area contributed by atoms with Crippen molar-refractivity contribution in [3.8, 4) is 0 Å². The van der Waals surface area contributed by atoms with Crippen LogP contribution in [0.3, 0.4) is 0 Å². The normalized spacial score (nSPS) is 25.2. The van der Waals surface area contributed by atoms with E-state index in [1.807, 2.05) is 7.05 Å². The van der Waals surface area contributed by atoms with E-state index in [2.05, 4.69) is 15.6 Å². The monoisotopic (exact) mass is 366 g/mol. The molecule has 0 spiro atoms. The number of aliphatic imine (C=N–C) groups is 1. The summed E-state index contributed by atoms with van der Waals surface area (Å²) < 4.78 is 0. The minimum absolute atomic E-state index is 0. The van der Waals surface area contributed by atoms with Gasteiger partial charge < -0.3 is 15.5 Å². The van der Waals surface area contributed by atoms with Crippen LogP contribution in [0.25, 0.3) is 0 Å². The van der Waals surface area contributed by atoms with Crippen molar-refractivity contribution >= 4 is 35.8 Å². The number of hydrogen-bond donors (Lipinski definition) is 2. The van der Waals surface area contributed by atoms with Gasteiger partial charge in [-0.3, -0.25) is 9.79 Å². The molecule has 1 amide bonds. The number of guanidine groups is 1. The molecule has 18 heavy (non-hydrogen) atoms. The van der Waals surface area contributed by atoms with E-state index in [4.69, 9.17) is 0 Å². The summed E-state index contributed by atoms with van der Waals surface area (Å²) in [4.78, 5) is 17.4. The molecule has 2 rings (SSSR count). The van der Waals surface area contributed by atoms with Crippen molar-refractivity contribution in [3.05, 3.63) is 0 Å². The van der Waals surface area contributed by atoms with Gasteiger partial charge in [0.1, 0.15) is 0 Å². The molecular formula is C12H23IN4O. The molecule has 0 aromatic carbocycles. The van der Waals surface area contributed by atoms with Crippen LogP contribution in [-0.2, 0) is 4.79 Å². The summed E-state index contributed by atoms with van der Waals surface area (Å²) in [6, 6.07) is 0.910. The van der Waals surface area contributed by atoms with Crippen LogP contribution in [0, 0.1) is 0 Å². The summed E-state index contributed by atoms with van der Waals surface area (Å²) in [6.07, 6.45) is 5.33. The summed E-state index contributed by atoms with van der Waals surface area (Å²) >= 11 is 0. The number of nitrogens with one attached hydrogen (secondary N) is 2. The third-order valence-electron chi connectivity index (χ3n) is 3.64. The lowest BCUT2D eigenvalue weighted by Gasteiger charge is -2.33. The number of halogens is 1. The Morgan fingerprint density at radius 3 is 2.44 bits per heavy atom.